The minimum Gasteiger partial charge on any atom is -0.492 e. The molecular formula is C22H19BrN2O5. The average molecular weight is 471 g/mol. The van der Waals surface area contributed by atoms with Gasteiger partial charge >= 0.3 is 0 Å². The van der Waals surface area contributed by atoms with Crippen molar-refractivity contribution in [1.29, 1.82) is 0 Å². The van der Waals surface area contributed by atoms with Crippen LogP contribution in [0.15, 0.2) is 63.7 Å². The summed E-state index contributed by atoms with van der Waals surface area (Å²) >= 11 is 3.18. The molecule has 2 amide bonds. The van der Waals surface area contributed by atoms with Gasteiger partial charge in [0.05, 0.1) is 12.2 Å². The molecule has 154 valence electrons. The van der Waals surface area contributed by atoms with Gasteiger partial charge in [0, 0.05) is 5.69 Å². The van der Waals surface area contributed by atoms with E-state index in [2.05, 4.69) is 21.2 Å². The second kappa shape index (κ2) is 8.62. The summed E-state index contributed by atoms with van der Waals surface area (Å²) < 4.78 is 17.1. The number of ether oxygens (including phenoxy) is 2. The van der Waals surface area contributed by atoms with Crippen LogP contribution in [0.3, 0.4) is 0 Å². The highest BCUT2D eigenvalue weighted by molar-refractivity contribution is 9.10. The molecule has 1 aromatic heterocycles. The summed E-state index contributed by atoms with van der Waals surface area (Å²) in [5.74, 6) is 0.938. The predicted octanol–water partition coefficient (Wildman–Crippen LogP) is 4.41. The fraction of sp³-hybridized carbons (Fsp3) is 0.182. The van der Waals surface area contributed by atoms with Gasteiger partial charge in [-0.3, -0.25) is 9.59 Å². The normalized spacial score (nSPS) is 12.9. The summed E-state index contributed by atoms with van der Waals surface area (Å²) in [6.07, 6.45) is 0. The number of benzene rings is 2. The molecule has 7 nitrogen and oxygen atoms in total. The minimum atomic E-state index is -0.391. The molecule has 0 aliphatic carbocycles. The largest absolute Gasteiger partial charge is 0.492 e. The van der Waals surface area contributed by atoms with Crippen LogP contribution in [0.5, 0.6) is 11.5 Å². The quantitative estimate of drug-likeness (QED) is 0.576. The second-order valence-corrected chi connectivity index (χ2v) is 7.52. The zero-order valence-corrected chi connectivity index (χ0v) is 17.8. The zero-order chi connectivity index (χ0) is 21.1. The van der Waals surface area contributed by atoms with Gasteiger partial charge in [-0.2, -0.15) is 0 Å². The van der Waals surface area contributed by atoms with Crippen LogP contribution in [-0.4, -0.2) is 31.6 Å². The number of anilines is 2. The molecule has 3 aromatic rings. The van der Waals surface area contributed by atoms with Gasteiger partial charge in [0.2, 0.25) is 0 Å². The van der Waals surface area contributed by atoms with Crippen LogP contribution in [0, 0.1) is 6.92 Å². The molecule has 8 heteroatoms. The van der Waals surface area contributed by atoms with Crippen molar-refractivity contribution in [2.45, 2.75) is 6.92 Å². The van der Waals surface area contributed by atoms with E-state index in [4.69, 9.17) is 13.9 Å². The number of hydrogen-bond acceptors (Lipinski definition) is 5. The Kier molecular flexibility index (Phi) is 5.76. The van der Waals surface area contributed by atoms with E-state index in [-0.39, 0.29) is 18.3 Å². The Morgan fingerprint density at radius 1 is 1.20 bits per heavy atom. The van der Waals surface area contributed by atoms with Gasteiger partial charge in [-0.15, -0.1) is 0 Å². The highest BCUT2D eigenvalue weighted by Crippen LogP contribution is 2.34. The summed E-state index contributed by atoms with van der Waals surface area (Å²) in [6.45, 7) is 2.63. The van der Waals surface area contributed by atoms with Gasteiger partial charge in [0.1, 0.15) is 18.1 Å². The van der Waals surface area contributed by atoms with Gasteiger partial charge < -0.3 is 24.1 Å². The molecule has 1 N–H and O–H groups in total. The number of halogens is 1. The number of amides is 2. The lowest BCUT2D eigenvalue weighted by Crippen LogP contribution is -2.41. The molecule has 0 saturated heterocycles. The molecule has 0 bridgehead atoms. The fourth-order valence-corrected chi connectivity index (χ4v) is 3.42. The van der Waals surface area contributed by atoms with E-state index in [9.17, 15) is 9.59 Å². The highest BCUT2D eigenvalue weighted by Gasteiger charge is 2.26. The third-order valence-electron chi connectivity index (χ3n) is 4.53. The molecule has 1 aliphatic heterocycles. The number of fused-ring (bicyclic) bond motifs is 1. The van der Waals surface area contributed by atoms with E-state index in [1.165, 1.54) is 0 Å². The maximum Gasteiger partial charge on any atom is 0.291 e. The van der Waals surface area contributed by atoms with Crippen molar-refractivity contribution in [1.82, 2.24) is 0 Å². The zero-order valence-electron chi connectivity index (χ0n) is 16.2. The Balaban J connectivity index is 1.47. The van der Waals surface area contributed by atoms with E-state index in [1.54, 1.807) is 35.2 Å². The summed E-state index contributed by atoms with van der Waals surface area (Å²) in [6, 6.07) is 16.1. The molecule has 4 rings (SSSR count). The molecule has 0 unspecified atom stereocenters. The van der Waals surface area contributed by atoms with E-state index >= 15 is 0 Å². The Morgan fingerprint density at radius 2 is 2.07 bits per heavy atom. The molecule has 2 aromatic carbocycles. The van der Waals surface area contributed by atoms with Gasteiger partial charge in [0.25, 0.3) is 11.8 Å². The SMILES string of the molecule is Cc1cccc(OCCN2C(=O)COc3ccc(NC(=O)c4ccc(Br)o4)cc32)c1. The summed E-state index contributed by atoms with van der Waals surface area (Å²) in [7, 11) is 0. The molecule has 0 fully saturated rings. The number of rotatable bonds is 6. The van der Waals surface area contributed by atoms with Crippen LogP contribution in [0.1, 0.15) is 16.1 Å². The van der Waals surface area contributed by atoms with Crippen molar-refractivity contribution < 1.29 is 23.5 Å². The van der Waals surface area contributed by atoms with Crippen LogP contribution in [0.2, 0.25) is 0 Å². The highest BCUT2D eigenvalue weighted by atomic mass is 79.9. The fourth-order valence-electron chi connectivity index (χ4n) is 3.11. The summed E-state index contributed by atoms with van der Waals surface area (Å²) in [5, 5.41) is 2.77. The number of carbonyl (C=O) groups excluding carboxylic acids is 2. The first-order valence-corrected chi connectivity index (χ1v) is 10.1. The number of carbonyl (C=O) groups is 2. The van der Waals surface area contributed by atoms with Gasteiger partial charge in [-0.05, 0) is 70.9 Å². The minimum absolute atomic E-state index is 0.0381. The van der Waals surface area contributed by atoms with E-state index in [1.807, 2.05) is 31.2 Å². The third-order valence-corrected chi connectivity index (χ3v) is 4.96. The molecular weight excluding hydrogens is 452 g/mol. The van der Waals surface area contributed by atoms with Crippen molar-refractivity contribution in [3.63, 3.8) is 0 Å². The first-order valence-electron chi connectivity index (χ1n) is 9.33. The molecule has 0 spiro atoms. The summed E-state index contributed by atoms with van der Waals surface area (Å²) in [4.78, 5) is 26.4. The van der Waals surface area contributed by atoms with Gasteiger partial charge in [0.15, 0.2) is 17.0 Å². The molecule has 1 aliphatic rings. The molecule has 2 heterocycles. The lowest BCUT2D eigenvalue weighted by atomic mass is 10.2. The predicted molar refractivity (Wildman–Crippen MR) is 115 cm³/mol. The van der Waals surface area contributed by atoms with E-state index in [0.717, 1.165) is 11.3 Å². The maximum absolute atomic E-state index is 12.4. The van der Waals surface area contributed by atoms with Gasteiger partial charge in [-0.1, -0.05) is 12.1 Å². The van der Waals surface area contributed by atoms with Crippen LogP contribution in [0.4, 0.5) is 11.4 Å². The first-order chi connectivity index (χ1) is 14.5. The molecule has 30 heavy (non-hydrogen) atoms. The van der Waals surface area contributed by atoms with Crippen molar-refractivity contribution in [2.24, 2.45) is 0 Å². The van der Waals surface area contributed by atoms with Crippen molar-refractivity contribution in [3.8, 4) is 11.5 Å². The Hall–Kier alpha value is -3.26. The first kappa shape index (κ1) is 20.0. The van der Waals surface area contributed by atoms with Gasteiger partial charge in [-0.25, -0.2) is 0 Å². The number of nitrogens with zero attached hydrogens (tertiary/aromatic N) is 1. The van der Waals surface area contributed by atoms with Crippen LogP contribution in [0.25, 0.3) is 0 Å². The molecule has 0 atom stereocenters. The van der Waals surface area contributed by atoms with Crippen molar-refractivity contribution >= 4 is 39.1 Å². The van der Waals surface area contributed by atoms with Crippen molar-refractivity contribution in [2.75, 3.05) is 30.0 Å². The summed E-state index contributed by atoms with van der Waals surface area (Å²) in [5.41, 5.74) is 2.20. The molecule has 0 saturated carbocycles. The Morgan fingerprint density at radius 3 is 2.83 bits per heavy atom. The van der Waals surface area contributed by atoms with Crippen LogP contribution >= 0.6 is 15.9 Å². The third kappa shape index (κ3) is 4.49. The standard InChI is InChI=1S/C22H19BrN2O5/c1-14-3-2-4-16(11-14)28-10-9-25-17-12-15(5-6-18(17)29-13-21(25)26)24-22(27)19-7-8-20(23)30-19/h2-8,11-12H,9-10,13H2,1H3,(H,24,27). The van der Waals surface area contributed by atoms with E-state index in [0.29, 0.717) is 34.9 Å². The maximum atomic E-state index is 12.4. The number of furan rings is 1. The van der Waals surface area contributed by atoms with Crippen LogP contribution < -0.4 is 19.7 Å². The monoisotopic (exact) mass is 470 g/mol. The smallest absolute Gasteiger partial charge is 0.291 e. The lowest BCUT2D eigenvalue weighted by Gasteiger charge is -2.29. The molecule has 0 radical (unpaired) electrons. The van der Waals surface area contributed by atoms with Crippen molar-refractivity contribution in [3.05, 3.63) is 70.6 Å². The Labute approximate surface area is 181 Å². The number of nitrogens with one attached hydrogen (secondary N) is 1. The number of hydrogen-bond donors (Lipinski definition) is 1. The second-order valence-electron chi connectivity index (χ2n) is 6.74. The number of aryl methyl sites for hydroxylation is 1. The topological polar surface area (TPSA) is 81.0 Å². The lowest BCUT2D eigenvalue weighted by molar-refractivity contribution is -0.121. The van der Waals surface area contributed by atoms with Crippen LogP contribution in [-0.2, 0) is 4.79 Å². The van der Waals surface area contributed by atoms with E-state index < -0.39 is 5.91 Å². The Bertz CT molecular complexity index is 1090. The average Bonchev–Trinajstić information content (AvgIpc) is 3.16.